The first-order valence-electron chi connectivity index (χ1n) is 8.29. The van der Waals surface area contributed by atoms with Gasteiger partial charge >= 0.3 is 0 Å². The number of morpholine rings is 1. The largest absolute Gasteiger partial charge is 0.379 e. The molecule has 1 fully saturated rings. The molecule has 1 heterocycles. The SMILES string of the molecule is I.NC(=NCc1cccc(CN2CCOCC2)c1)Nc1ccccc1. The fourth-order valence-electron chi connectivity index (χ4n) is 2.73. The summed E-state index contributed by atoms with van der Waals surface area (Å²) in [6.07, 6.45) is 0. The van der Waals surface area contributed by atoms with Crippen molar-refractivity contribution in [2.75, 3.05) is 31.6 Å². The van der Waals surface area contributed by atoms with E-state index in [9.17, 15) is 0 Å². The maximum atomic E-state index is 5.96. The summed E-state index contributed by atoms with van der Waals surface area (Å²) >= 11 is 0. The van der Waals surface area contributed by atoms with Crippen molar-refractivity contribution in [2.24, 2.45) is 10.7 Å². The van der Waals surface area contributed by atoms with Crippen molar-refractivity contribution >= 4 is 35.6 Å². The highest BCUT2D eigenvalue weighted by Gasteiger charge is 2.10. The van der Waals surface area contributed by atoms with Gasteiger partial charge in [0.05, 0.1) is 19.8 Å². The van der Waals surface area contributed by atoms with E-state index in [0.717, 1.165) is 38.5 Å². The molecule has 1 aliphatic heterocycles. The number of halogens is 1. The van der Waals surface area contributed by atoms with E-state index in [4.69, 9.17) is 10.5 Å². The minimum absolute atomic E-state index is 0. The molecule has 1 saturated heterocycles. The predicted molar refractivity (Wildman–Crippen MR) is 113 cm³/mol. The van der Waals surface area contributed by atoms with Gasteiger partial charge < -0.3 is 15.8 Å². The molecule has 3 N–H and O–H groups in total. The summed E-state index contributed by atoms with van der Waals surface area (Å²) in [6, 6.07) is 18.4. The van der Waals surface area contributed by atoms with Crippen LogP contribution in [0.15, 0.2) is 59.6 Å². The Morgan fingerprint density at radius 3 is 2.52 bits per heavy atom. The summed E-state index contributed by atoms with van der Waals surface area (Å²) in [5.41, 5.74) is 9.37. The second-order valence-corrected chi connectivity index (χ2v) is 5.90. The van der Waals surface area contributed by atoms with Crippen LogP contribution in [0.2, 0.25) is 0 Å². The van der Waals surface area contributed by atoms with Gasteiger partial charge in [0.2, 0.25) is 0 Å². The van der Waals surface area contributed by atoms with Gasteiger partial charge in [0.25, 0.3) is 0 Å². The average molecular weight is 452 g/mol. The first kappa shape index (κ1) is 19.7. The van der Waals surface area contributed by atoms with E-state index in [2.05, 4.69) is 39.5 Å². The summed E-state index contributed by atoms with van der Waals surface area (Å²) in [6.45, 7) is 5.17. The molecule has 0 amide bonds. The number of nitrogens with one attached hydrogen (secondary N) is 1. The lowest BCUT2D eigenvalue weighted by molar-refractivity contribution is 0.0342. The molecular weight excluding hydrogens is 427 g/mol. The van der Waals surface area contributed by atoms with Gasteiger partial charge in [0.1, 0.15) is 0 Å². The zero-order valence-electron chi connectivity index (χ0n) is 14.2. The van der Waals surface area contributed by atoms with Crippen molar-refractivity contribution < 1.29 is 4.74 Å². The highest BCUT2D eigenvalue weighted by atomic mass is 127. The number of nitrogens with two attached hydrogens (primary N) is 1. The van der Waals surface area contributed by atoms with Gasteiger partial charge in [-0.3, -0.25) is 4.90 Å². The second kappa shape index (κ2) is 10.4. The van der Waals surface area contributed by atoms with Crippen LogP contribution in [0.1, 0.15) is 11.1 Å². The molecule has 0 saturated carbocycles. The van der Waals surface area contributed by atoms with E-state index in [1.165, 1.54) is 11.1 Å². The molecule has 1 aliphatic rings. The van der Waals surface area contributed by atoms with Crippen LogP contribution >= 0.6 is 24.0 Å². The Labute approximate surface area is 166 Å². The topological polar surface area (TPSA) is 62.9 Å². The maximum absolute atomic E-state index is 5.96. The zero-order chi connectivity index (χ0) is 16.6. The van der Waals surface area contributed by atoms with E-state index >= 15 is 0 Å². The Morgan fingerprint density at radius 2 is 1.76 bits per heavy atom. The lowest BCUT2D eigenvalue weighted by atomic mass is 10.1. The van der Waals surface area contributed by atoms with Gasteiger partial charge in [-0.2, -0.15) is 0 Å². The molecule has 0 aromatic heterocycles. The fraction of sp³-hybridized carbons (Fsp3) is 0.316. The second-order valence-electron chi connectivity index (χ2n) is 5.90. The standard InChI is InChI=1S/C19H24N4O.HI/c20-19(22-18-7-2-1-3-8-18)21-14-16-5-4-6-17(13-16)15-23-9-11-24-12-10-23;/h1-8,13H,9-12,14-15H2,(H3,20,21,22);1H. The molecule has 6 heteroatoms. The molecule has 5 nitrogen and oxygen atoms in total. The summed E-state index contributed by atoms with van der Waals surface area (Å²) in [7, 11) is 0. The number of hydrogen-bond acceptors (Lipinski definition) is 3. The van der Waals surface area contributed by atoms with Crippen LogP contribution in [0.3, 0.4) is 0 Å². The molecule has 0 atom stereocenters. The molecule has 134 valence electrons. The Balaban J connectivity index is 0.00000225. The molecule has 3 rings (SSSR count). The van der Waals surface area contributed by atoms with Crippen LogP contribution in [0.4, 0.5) is 5.69 Å². The number of nitrogens with zero attached hydrogens (tertiary/aromatic N) is 2. The Hall–Kier alpha value is -1.64. The molecule has 2 aromatic rings. The fourth-order valence-corrected chi connectivity index (χ4v) is 2.73. The number of para-hydroxylation sites is 1. The van der Waals surface area contributed by atoms with Gasteiger partial charge in [-0.1, -0.05) is 42.5 Å². The van der Waals surface area contributed by atoms with Crippen LogP contribution in [0, 0.1) is 0 Å². The third kappa shape index (κ3) is 6.64. The van der Waals surface area contributed by atoms with Crippen molar-refractivity contribution in [1.29, 1.82) is 0 Å². The highest BCUT2D eigenvalue weighted by Crippen LogP contribution is 2.11. The average Bonchev–Trinajstić information content (AvgIpc) is 2.62. The van der Waals surface area contributed by atoms with Crippen LogP contribution in [-0.2, 0) is 17.8 Å². The van der Waals surface area contributed by atoms with Gasteiger partial charge in [0, 0.05) is 25.3 Å². The van der Waals surface area contributed by atoms with Crippen molar-refractivity contribution in [3.63, 3.8) is 0 Å². The van der Waals surface area contributed by atoms with Gasteiger partial charge in [0.15, 0.2) is 5.96 Å². The maximum Gasteiger partial charge on any atom is 0.193 e. The molecule has 2 aromatic carbocycles. The van der Waals surface area contributed by atoms with Crippen LogP contribution in [0.5, 0.6) is 0 Å². The van der Waals surface area contributed by atoms with E-state index in [1.807, 2.05) is 30.3 Å². The molecule has 25 heavy (non-hydrogen) atoms. The quantitative estimate of drug-likeness (QED) is 0.416. The van der Waals surface area contributed by atoms with E-state index in [1.54, 1.807) is 0 Å². The lowest BCUT2D eigenvalue weighted by Crippen LogP contribution is -2.35. The minimum Gasteiger partial charge on any atom is -0.379 e. The number of benzene rings is 2. The predicted octanol–water partition coefficient (Wildman–Crippen LogP) is 3.06. The van der Waals surface area contributed by atoms with Crippen molar-refractivity contribution in [2.45, 2.75) is 13.1 Å². The summed E-state index contributed by atoms with van der Waals surface area (Å²) in [5.74, 6) is 0.430. The number of ether oxygens (including phenoxy) is 1. The summed E-state index contributed by atoms with van der Waals surface area (Å²) in [4.78, 5) is 6.84. The molecule has 0 spiro atoms. The number of hydrogen-bond donors (Lipinski definition) is 2. The van der Waals surface area contributed by atoms with Crippen LogP contribution in [0.25, 0.3) is 0 Å². The van der Waals surface area contributed by atoms with Crippen molar-refractivity contribution in [3.05, 3.63) is 65.7 Å². The first-order chi connectivity index (χ1) is 11.8. The zero-order valence-corrected chi connectivity index (χ0v) is 16.6. The highest BCUT2D eigenvalue weighted by molar-refractivity contribution is 14.0. The number of rotatable bonds is 5. The van der Waals surface area contributed by atoms with Gasteiger partial charge in [-0.15, -0.1) is 24.0 Å². The molecule has 0 aliphatic carbocycles. The smallest absolute Gasteiger partial charge is 0.193 e. The molecular formula is C19H25IN4O. The van der Waals surface area contributed by atoms with E-state index in [0.29, 0.717) is 12.5 Å². The third-order valence-electron chi connectivity index (χ3n) is 3.98. The number of anilines is 1. The molecule has 0 radical (unpaired) electrons. The van der Waals surface area contributed by atoms with Crippen LogP contribution < -0.4 is 11.1 Å². The van der Waals surface area contributed by atoms with E-state index in [-0.39, 0.29) is 24.0 Å². The number of guanidine groups is 1. The summed E-state index contributed by atoms with van der Waals surface area (Å²) in [5, 5.41) is 3.10. The lowest BCUT2D eigenvalue weighted by Gasteiger charge is -2.26. The van der Waals surface area contributed by atoms with Crippen molar-refractivity contribution in [3.8, 4) is 0 Å². The monoisotopic (exact) mass is 452 g/mol. The van der Waals surface area contributed by atoms with Gasteiger partial charge in [-0.25, -0.2) is 4.99 Å². The van der Waals surface area contributed by atoms with Crippen LogP contribution in [-0.4, -0.2) is 37.2 Å². The first-order valence-corrected chi connectivity index (χ1v) is 8.29. The number of aliphatic imine (C=N–C) groups is 1. The Bertz CT molecular complexity index is 672. The Morgan fingerprint density at radius 1 is 1.04 bits per heavy atom. The Kier molecular flexibility index (Phi) is 8.17. The van der Waals surface area contributed by atoms with E-state index < -0.39 is 0 Å². The normalized spacial score (nSPS) is 15.4. The van der Waals surface area contributed by atoms with Crippen molar-refractivity contribution in [1.82, 2.24) is 4.90 Å². The van der Waals surface area contributed by atoms with Gasteiger partial charge in [-0.05, 0) is 23.3 Å². The molecule has 0 bridgehead atoms. The minimum atomic E-state index is 0. The molecule has 0 unspecified atom stereocenters. The summed E-state index contributed by atoms with van der Waals surface area (Å²) < 4.78 is 5.39. The third-order valence-corrected chi connectivity index (χ3v) is 3.98.